The second kappa shape index (κ2) is 8.14. The summed E-state index contributed by atoms with van der Waals surface area (Å²) in [4.78, 5) is 0. The predicted octanol–water partition coefficient (Wildman–Crippen LogP) is 1.50. The molecule has 0 aliphatic carbocycles. The van der Waals surface area contributed by atoms with Gasteiger partial charge in [0.2, 0.25) is 10.0 Å². The molecule has 0 amide bonds. The Balaban J connectivity index is 2.34. The van der Waals surface area contributed by atoms with Gasteiger partial charge in [0.15, 0.2) is 0 Å². The van der Waals surface area contributed by atoms with Gasteiger partial charge < -0.3 is 10.5 Å². The number of rotatable bonds is 9. The van der Waals surface area contributed by atoms with Crippen LogP contribution in [0.4, 0.5) is 5.69 Å². The lowest BCUT2D eigenvalue weighted by Crippen LogP contribution is -2.29. The third kappa shape index (κ3) is 6.56. The Kier molecular flexibility index (Phi) is 6.83. The highest BCUT2D eigenvalue weighted by molar-refractivity contribution is 7.88. The van der Waals surface area contributed by atoms with E-state index < -0.39 is 10.0 Å². The van der Waals surface area contributed by atoms with Crippen LogP contribution in [0, 0.1) is 0 Å². The Morgan fingerprint density at radius 1 is 1.26 bits per heavy atom. The Morgan fingerprint density at radius 3 is 2.68 bits per heavy atom. The van der Waals surface area contributed by atoms with Crippen LogP contribution >= 0.6 is 0 Å². The van der Waals surface area contributed by atoms with Crippen LogP contribution in [-0.2, 0) is 20.5 Å². The summed E-state index contributed by atoms with van der Waals surface area (Å²) in [5.74, 6) is -0.103. The molecule has 1 rings (SSSR count). The SMILES string of the molecule is CCCCOCCNS(=O)(=O)Cc1ccccc1N. The van der Waals surface area contributed by atoms with Crippen molar-refractivity contribution < 1.29 is 13.2 Å². The smallest absolute Gasteiger partial charge is 0.215 e. The van der Waals surface area contributed by atoms with Crippen molar-refractivity contribution in [2.75, 3.05) is 25.5 Å². The van der Waals surface area contributed by atoms with Crippen molar-refractivity contribution in [3.63, 3.8) is 0 Å². The van der Waals surface area contributed by atoms with E-state index >= 15 is 0 Å². The van der Waals surface area contributed by atoms with E-state index in [4.69, 9.17) is 10.5 Å². The fraction of sp³-hybridized carbons (Fsp3) is 0.538. The number of benzene rings is 1. The predicted molar refractivity (Wildman–Crippen MR) is 77.2 cm³/mol. The normalized spacial score (nSPS) is 11.6. The van der Waals surface area contributed by atoms with Gasteiger partial charge in [-0.2, -0.15) is 0 Å². The maximum absolute atomic E-state index is 11.8. The molecule has 0 radical (unpaired) electrons. The molecule has 1 aromatic rings. The zero-order chi connectivity index (χ0) is 14.1. The molecule has 1 aromatic carbocycles. The number of nitrogen functional groups attached to an aromatic ring is 1. The monoisotopic (exact) mass is 286 g/mol. The summed E-state index contributed by atoms with van der Waals surface area (Å²) in [5, 5.41) is 0. The molecule has 19 heavy (non-hydrogen) atoms. The number of unbranched alkanes of at least 4 members (excludes halogenated alkanes) is 1. The Bertz CT molecular complexity index is 475. The van der Waals surface area contributed by atoms with E-state index in [0.717, 1.165) is 12.8 Å². The van der Waals surface area contributed by atoms with E-state index in [2.05, 4.69) is 11.6 Å². The van der Waals surface area contributed by atoms with Gasteiger partial charge in [-0.15, -0.1) is 0 Å². The third-order valence-corrected chi connectivity index (χ3v) is 3.95. The second-order valence-electron chi connectivity index (χ2n) is 4.32. The van der Waals surface area contributed by atoms with Gasteiger partial charge in [0.1, 0.15) is 0 Å². The minimum atomic E-state index is -3.36. The average molecular weight is 286 g/mol. The second-order valence-corrected chi connectivity index (χ2v) is 6.13. The molecular weight excluding hydrogens is 264 g/mol. The highest BCUT2D eigenvalue weighted by Gasteiger charge is 2.12. The van der Waals surface area contributed by atoms with Crippen molar-refractivity contribution >= 4 is 15.7 Å². The van der Waals surface area contributed by atoms with Gasteiger partial charge in [-0.3, -0.25) is 0 Å². The fourth-order valence-corrected chi connectivity index (χ4v) is 2.71. The van der Waals surface area contributed by atoms with E-state index in [-0.39, 0.29) is 5.75 Å². The number of anilines is 1. The lowest BCUT2D eigenvalue weighted by Gasteiger charge is -2.09. The van der Waals surface area contributed by atoms with Crippen molar-refractivity contribution in [1.82, 2.24) is 4.72 Å². The van der Waals surface area contributed by atoms with Crippen LogP contribution in [0.3, 0.4) is 0 Å². The number of nitrogens with two attached hydrogens (primary N) is 1. The topological polar surface area (TPSA) is 81.4 Å². The first-order valence-electron chi connectivity index (χ1n) is 6.43. The van der Waals surface area contributed by atoms with Gasteiger partial charge in [-0.1, -0.05) is 31.5 Å². The minimum absolute atomic E-state index is 0.103. The van der Waals surface area contributed by atoms with E-state index in [1.54, 1.807) is 24.3 Å². The molecule has 0 saturated heterocycles. The largest absolute Gasteiger partial charge is 0.398 e. The first kappa shape index (κ1) is 15.9. The van der Waals surface area contributed by atoms with E-state index in [9.17, 15) is 8.42 Å². The Labute approximate surface area is 115 Å². The number of hydrogen-bond acceptors (Lipinski definition) is 4. The zero-order valence-corrected chi connectivity index (χ0v) is 12.1. The maximum atomic E-state index is 11.8. The molecule has 0 atom stereocenters. The highest BCUT2D eigenvalue weighted by atomic mass is 32.2. The van der Waals surface area contributed by atoms with Gasteiger partial charge in [0.05, 0.1) is 12.4 Å². The van der Waals surface area contributed by atoms with Crippen LogP contribution in [0.25, 0.3) is 0 Å². The lowest BCUT2D eigenvalue weighted by molar-refractivity contribution is 0.136. The molecule has 0 aliphatic rings. The summed E-state index contributed by atoms with van der Waals surface area (Å²) in [5.41, 5.74) is 6.83. The summed E-state index contributed by atoms with van der Waals surface area (Å²) < 4.78 is 31.4. The summed E-state index contributed by atoms with van der Waals surface area (Å²) in [6, 6.07) is 6.96. The summed E-state index contributed by atoms with van der Waals surface area (Å²) in [7, 11) is -3.36. The molecule has 0 heterocycles. The molecule has 0 bridgehead atoms. The highest BCUT2D eigenvalue weighted by Crippen LogP contribution is 2.13. The summed E-state index contributed by atoms with van der Waals surface area (Å²) >= 11 is 0. The fourth-order valence-electron chi connectivity index (χ4n) is 1.54. The molecule has 5 nitrogen and oxygen atoms in total. The Morgan fingerprint density at radius 2 is 2.00 bits per heavy atom. The van der Waals surface area contributed by atoms with Gasteiger partial charge >= 0.3 is 0 Å². The van der Waals surface area contributed by atoms with Crippen LogP contribution in [0.5, 0.6) is 0 Å². The van der Waals surface area contributed by atoms with E-state index in [1.807, 2.05) is 0 Å². The summed E-state index contributed by atoms with van der Waals surface area (Å²) in [6.07, 6.45) is 2.06. The van der Waals surface area contributed by atoms with Crippen molar-refractivity contribution in [1.29, 1.82) is 0 Å². The average Bonchev–Trinajstić information content (AvgIpc) is 2.36. The van der Waals surface area contributed by atoms with Crippen molar-refractivity contribution in [3.05, 3.63) is 29.8 Å². The number of nitrogens with one attached hydrogen (secondary N) is 1. The van der Waals surface area contributed by atoms with Gasteiger partial charge in [-0.05, 0) is 18.1 Å². The van der Waals surface area contributed by atoms with Crippen molar-refractivity contribution in [2.24, 2.45) is 0 Å². The first-order valence-corrected chi connectivity index (χ1v) is 8.09. The molecule has 3 N–H and O–H groups in total. The molecular formula is C13H22N2O3S. The van der Waals surface area contributed by atoms with Crippen molar-refractivity contribution in [2.45, 2.75) is 25.5 Å². The number of sulfonamides is 1. The van der Waals surface area contributed by atoms with E-state index in [1.165, 1.54) is 0 Å². The molecule has 0 saturated carbocycles. The van der Waals surface area contributed by atoms with E-state index in [0.29, 0.717) is 31.0 Å². The number of para-hydroxylation sites is 1. The van der Waals surface area contributed by atoms with Crippen LogP contribution < -0.4 is 10.5 Å². The van der Waals surface area contributed by atoms with Crippen LogP contribution in [-0.4, -0.2) is 28.2 Å². The standard InChI is InChI=1S/C13H22N2O3S/c1-2-3-9-18-10-8-15-19(16,17)11-12-6-4-5-7-13(12)14/h4-7,15H,2-3,8-11,14H2,1H3. The quantitative estimate of drug-likeness (QED) is 0.532. The molecule has 108 valence electrons. The van der Waals surface area contributed by atoms with Gasteiger partial charge in [0.25, 0.3) is 0 Å². The molecule has 0 spiro atoms. The molecule has 0 aliphatic heterocycles. The minimum Gasteiger partial charge on any atom is -0.398 e. The lowest BCUT2D eigenvalue weighted by atomic mass is 10.2. The zero-order valence-electron chi connectivity index (χ0n) is 11.3. The first-order chi connectivity index (χ1) is 9.05. The third-order valence-electron chi connectivity index (χ3n) is 2.61. The molecule has 0 aromatic heterocycles. The van der Waals surface area contributed by atoms with Crippen LogP contribution in [0.15, 0.2) is 24.3 Å². The van der Waals surface area contributed by atoms with Crippen LogP contribution in [0.2, 0.25) is 0 Å². The summed E-state index contributed by atoms with van der Waals surface area (Å²) in [6.45, 7) is 3.43. The van der Waals surface area contributed by atoms with Crippen molar-refractivity contribution in [3.8, 4) is 0 Å². The van der Waals surface area contributed by atoms with Gasteiger partial charge in [-0.25, -0.2) is 13.1 Å². The number of ether oxygens (including phenoxy) is 1. The Hall–Kier alpha value is -1.11. The molecule has 0 unspecified atom stereocenters. The van der Waals surface area contributed by atoms with Gasteiger partial charge in [0, 0.05) is 18.8 Å². The number of hydrogen-bond donors (Lipinski definition) is 2. The molecule has 0 fully saturated rings. The van der Waals surface area contributed by atoms with Crippen LogP contribution in [0.1, 0.15) is 25.3 Å². The maximum Gasteiger partial charge on any atom is 0.215 e. The molecule has 6 heteroatoms.